The van der Waals surface area contributed by atoms with Gasteiger partial charge in [-0.05, 0) is 56.1 Å². The summed E-state index contributed by atoms with van der Waals surface area (Å²) in [6.07, 6.45) is 5.85. The number of rotatable bonds is 2. The van der Waals surface area contributed by atoms with Crippen molar-refractivity contribution in [3.05, 3.63) is 40.4 Å². The number of nitriles is 1. The second-order valence-corrected chi connectivity index (χ2v) is 9.35. The zero-order valence-electron chi connectivity index (χ0n) is 17.4. The summed E-state index contributed by atoms with van der Waals surface area (Å²) in [5.74, 6) is 0. The molecule has 1 atom stereocenters. The van der Waals surface area contributed by atoms with Gasteiger partial charge in [-0.3, -0.25) is 4.68 Å². The Bertz CT molecular complexity index is 1170. The number of fused-ring (bicyclic) bond motifs is 1. The number of ether oxygens (including phenoxy) is 1. The number of pyridine rings is 1. The maximum atomic E-state index is 12.4. The number of hydrogen-bond acceptors (Lipinski definition) is 5. The van der Waals surface area contributed by atoms with Crippen LogP contribution in [0.3, 0.4) is 0 Å². The van der Waals surface area contributed by atoms with Gasteiger partial charge in [0.25, 0.3) is 0 Å². The van der Waals surface area contributed by atoms with E-state index in [2.05, 4.69) is 32.2 Å². The van der Waals surface area contributed by atoms with Gasteiger partial charge >= 0.3 is 6.09 Å². The van der Waals surface area contributed by atoms with E-state index in [-0.39, 0.29) is 12.1 Å². The van der Waals surface area contributed by atoms with Crippen LogP contribution in [0.5, 0.6) is 0 Å². The fourth-order valence-corrected chi connectivity index (χ4v) is 4.45. The van der Waals surface area contributed by atoms with Gasteiger partial charge in [0, 0.05) is 40.6 Å². The summed E-state index contributed by atoms with van der Waals surface area (Å²) < 4.78 is 9.99. The molecule has 0 unspecified atom stereocenters. The summed E-state index contributed by atoms with van der Waals surface area (Å²) in [5.41, 5.74) is 3.72. The molecule has 1 amide bonds. The topological polar surface area (TPSA) is 88.5 Å². The molecule has 4 rings (SSSR count). The Balaban J connectivity index is 1.59. The van der Waals surface area contributed by atoms with Crippen molar-refractivity contribution in [1.82, 2.24) is 24.3 Å². The number of halogens is 1. The lowest BCUT2D eigenvalue weighted by Crippen LogP contribution is -2.35. The van der Waals surface area contributed by atoms with Gasteiger partial charge < -0.3 is 9.64 Å². The van der Waals surface area contributed by atoms with Crippen LogP contribution in [-0.2, 0) is 4.74 Å². The largest absolute Gasteiger partial charge is 0.444 e. The van der Waals surface area contributed by atoms with Crippen molar-refractivity contribution in [3.8, 4) is 17.2 Å². The first-order valence-electron chi connectivity index (χ1n) is 9.77. The summed E-state index contributed by atoms with van der Waals surface area (Å²) in [5, 5.41) is 18.2. The number of likely N-dealkylation sites (tertiary alicyclic amines) is 1. The second kappa shape index (κ2) is 7.43. The molecular weight excluding hydrogens is 448 g/mol. The van der Waals surface area contributed by atoms with E-state index in [0.717, 1.165) is 33.2 Å². The highest BCUT2D eigenvalue weighted by molar-refractivity contribution is 9.10. The molecule has 3 aromatic rings. The zero-order valence-corrected chi connectivity index (χ0v) is 19.0. The van der Waals surface area contributed by atoms with E-state index in [1.165, 1.54) is 0 Å². The van der Waals surface area contributed by atoms with E-state index in [9.17, 15) is 10.1 Å². The van der Waals surface area contributed by atoms with Crippen molar-refractivity contribution in [2.24, 2.45) is 0 Å². The maximum Gasteiger partial charge on any atom is 0.410 e. The van der Waals surface area contributed by atoms with E-state index in [1.54, 1.807) is 15.6 Å². The van der Waals surface area contributed by atoms with Crippen molar-refractivity contribution >= 4 is 27.5 Å². The van der Waals surface area contributed by atoms with Gasteiger partial charge in [-0.25, -0.2) is 9.31 Å². The molecule has 1 saturated heterocycles. The molecule has 0 N–H and O–H groups in total. The van der Waals surface area contributed by atoms with E-state index in [0.29, 0.717) is 18.7 Å². The van der Waals surface area contributed by atoms with Crippen LogP contribution in [0.1, 0.15) is 44.5 Å². The van der Waals surface area contributed by atoms with E-state index in [1.807, 2.05) is 50.8 Å². The third-order valence-electron chi connectivity index (χ3n) is 5.20. The molecule has 0 saturated carbocycles. The Morgan fingerprint density at radius 1 is 1.33 bits per heavy atom. The molecule has 9 heteroatoms. The molecular formula is C21H23BrN6O2. The van der Waals surface area contributed by atoms with Crippen LogP contribution in [0.2, 0.25) is 0 Å². The minimum absolute atomic E-state index is 0.105. The first-order chi connectivity index (χ1) is 14.2. The summed E-state index contributed by atoms with van der Waals surface area (Å²) in [7, 11) is 0. The Morgan fingerprint density at radius 2 is 2.10 bits per heavy atom. The Kier molecular flexibility index (Phi) is 5.06. The molecule has 1 aliphatic heterocycles. The fraction of sp³-hybridized carbons (Fsp3) is 0.429. The van der Waals surface area contributed by atoms with Crippen LogP contribution in [0, 0.1) is 18.3 Å². The molecule has 0 aliphatic carbocycles. The van der Waals surface area contributed by atoms with E-state index >= 15 is 0 Å². The normalized spacial score (nSPS) is 16.8. The van der Waals surface area contributed by atoms with Crippen molar-refractivity contribution < 1.29 is 9.53 Å². The quantitative estimate of drug-likeness (QED) is 0.556. The summed E-state index contributed by atoms with van der Waals surface area (Å²) in [6, 6.07) is 4.24. The first kappa shape index (κ1) is 20.4. The number of amides is 1. The van der Waals surface area contributed by atoms with Crippen LogP contribution in [-0.4, -0.2) is 49.1 Å². The number of hydrogen-bond donors (Lipinski definition) is 0. The number of carbonyl (C=O) groups excluding carboxylic acids is 1. The monoisotopic (exact) mass is 470 g/mol. The second-order valence-electron chi connectivity index (χ2n) is 8.50. The molecule has 0 bridgehead atoms. The number of nitrogens with zero attached hydrogens (tertiary/aromatic N) is 6. The molecule has 30 heavy (non-hydrogen) atoms. The SMILES string of the molecule is Cc1c(-c2cc(Br)c3c(C#N)cnn3c2)cnn1[C@H]1CCN(C(=O)OC(C)(C)C)C1. The van der Waals surface area contributed by atoms with Gasteiger partial charge in [-0.2, -0.15) is 15.5 Å². The molecule has 3 aromatic heterocycles. The summed E-state index contributed by atoms with van der Waals surface area (Å²) in [6.45, 7) is 8.87. The Morgan fingerprint density at radius 3 is 2.80 bits per heavy atom. The standard InChI is InChI=1S/C21H23BrN6O2/c1-13-17(14-7-18(22)19-15(8-23)9-24-27(19)11-14)10-25-28(13)16-5-6-26(12-16)20(29)30-21(2,3)4/h7,9-11,16H,5-6,12H2,1-4H3/t16-/m0/s1. The third-order valence-corrected chi connectivity index (χ3v) is 5.81. The van der Waals surface area contributed by atoms with E-state index < -0.39 is 5.60 Å². The highest BCUT2D eigenvalue weighted by Crippen LogP contribution is 2.32. The van der Waals surface area contributed by atoms with Crippen LogP contribution < -0.4 is 0 Å². The Hall–Kier alpha value is -2.86. The lowest BCUT2D eigenvalue weighted by molar-refractivity contribution is 0.0288. The molecule has 156 valence electrons. The first-order valence-corrected chi connectivity index (χ1v) is 10.6. The van der Waals surface area contributed by atoms with Crippen LogP contribution in [0.4, 0.5) is 4.79 Å². The van der Waals surface area contributed by atoms with Gasteiger partial charge in [0.05, 0.1) is 29.5 Å². The third kappa shape index (κ3) is 3.67. The molecule has 0 spiro atoms. The lowest BCUT2D eigenvalue weighted by atomic mass is 10.1. The van der Waals surface area contributed by atoms with Gasteiger partial charge in [0.2, 0.25) is 0 Å². The molecule has 8 nitrogen and oxygen atoms in total. The predicted molar refractivity (Wildman–Crippen MR) is 115 cm³/mol. The molecule has 4 heterocycles. The summed E-state index contributed by atoms with van der Waals surface area (Å²) >= 11 is 3.56. The van der Waals surface area contributed by atoms with Crippen LogP contribution in [0.25, 0.3) is 16.6 Å². The predicted octanol–water partition coefficient (Wildman–Crippen LogP) is 4.32. The van der Waals surface area contributed by atoms with Crippen LogP contribution in [0.15, 0.2) is 29.1 Å². The van der Waals surface area contributed by atoms with Gasteiger partial charge in [-0.15, -0.1) is 0 Å². The van der Waals surface area contributed by atoms with Crippen molar-refractivity contribution in [3.63, 3.8) is 0 Å². The average Bonchev–Trinajstić information content (AvgIpc) is 3.37. The zero-order chi connectivity index (χ0) is 21.6. The lowest BCUT2D eigenvalue weighted by Gasteiger charge is -2.24. The minimum atomic E-state index is -0.506. The molecule has 0 aromatic carbocycles. The highest BCUT2D eigenvalue weighted by atomic mass is 79.9. The highest BCUT2D eigenvalue weighted by Gasteiger charge is 2.32. The van der Waals surface area contributed by atoms with Crippen LogP contribution >= 0.6 is 15.9 Å². The number of aromatic nitrogens is 4. The van der Waals surface area contributed by atoms with Crippen molar-refractivity contribution in [2.45, 2.75) is 45.8 Å². The molecule has 0 radical (unpaired) electrons. The van der Waals surface area contributed by atoms with Gasteiger partial charge in [-0.1, -0.05) is 0 Å². The average molecular weight is 471 g/mol. The Labute approximate surface area is 183 Å². The smallest absolute Gasteiger partial charge is 0.410 e. The van der Waals surface area contributed by atoms with Crippen molar-refractivity contribution in [1.29, 1.82) is 5.26 Å². The molecule has 1 aliphatic rings. The fourth-order valence-electron chi connectivity index (χ4n) is 3.81. The summed E-state index contributed by atoms with van der Waals surface area (Å²) in [4.78, 5) is 14.1. The van der Waals surface area contributed by atoms with E-state index in [4.69, 9.17) is 4.74 Å². The van der Waals surface area contributed by atoms with Gasteiger partial charge in [0.1, 0.15) is 11.7 Å². The van der Waals surface area contributed by atoms with Crippen molar-refractivity contribution in [2.75, 3.05) is 13.1 Å². The number of carbonyl (C=O) groups is 1. The van der Waals surface area contributed by atoms with Gasteiger partial charge in [0.15, 0.2) is 0 Å². The maximum absolute atomic E-state index is 12.4. The molecule has 1 fully saturated rings. The minimum Gasteiger partial charge on any atom is -0.444 e.